The van der Waals surface area contributed by atoms with Gasteiger partial charge in [0.2, 0.25) is 0 Å². The Labute approximate surface area is 111 Å². The molecule has 0 fully saturated rings. The Kier molecular flexibility index (Phi) is 4.60. The Bertz CT molecular complexity index is 380. The number of benzene rings is 1. The van der Waals surface area contributed by atoms with Crippen LogP contribution in [0.1, 0.15) is 24.8 Å². The van der Waals surface area contributed by atoms with E-state index in [4.69, 9.17) is 0 Å². The summed E-state index contributed by atoms with van der Waals surface area (Å²) in [6.07, 6.45) is 5.36. The lowest BCUT2D eigenvalue weighted by Crippen LogP contribution is -2.41. The number of alkyl halides is 1. The molecule has 1 heterocycles. The summed E-state index contributed by atoms with van der Waals surface area (Å²) >= 11 is 3.45. The van der Waals surface area contributed by atoms with Crippen molar-refractivity contribution in [3.8, 4) is 0 Å². The molecular weight excluding hydrogens is 278 g/mol. The quantitative estimate of drug-likeness (QED) is 0.472. The molecule has 1 aromatic rings. The van der Waals surface area contributed by atoms with Crippen LogP contribution in [-0.2, 0) is 11.2 Å². The molecule has 0 saturated carbocycles. The lowest BCUT2D eigenvalue weighted by Gasteiger charge is -2.36. The van der Waals surface area contributed by atoms with Crippen LogP contribution in [0.4, 0.5) is 5.69 Å². The van der Waals surface area contributed by atoms with Gasteiger partial charge in [0.1, 0.15) is 6.29 Å². The molecule has 1 aliphatic rings. The minimum absolute atomic E-state index is 0.0697. The van der Waals surface area contributed by atoms with Crippen molar-refractivity contribution in [3.63, 3.8) is 0 Å². The molecule has 17 heavy (non-hydrogen) atoms. The zero-order valence-corrected chi connectivity index (χ0v) is 11.5. The second kappa shape index (κ2) is 6.20. The Morgan fingerprint density at radius 2 is 2.18 bits per heavy atom. The van der Waals surface area contributed by atoms with E-state index in [1.807, 2.05) is 0 Å². The van der Waals surface area contributed by atoms with Crippen molar-refractivity contribution in [1.29, 1.82) is 0 Å². The summed E-state index contributed by atoms with van der Waals surface area (Å²) in [7, 11) is 0. The normalized spacial score (nSPS) is 18.9. The molecule has 2 rings (SSSR count). The first-order chi connectivity index (χ1) is 8.36. The van der Waals surface area contributed by atoms with Gasteiger partial charge in [-0.15, -0.1) is 0 Å². The zero-order chi connectivity index (χ0) is 12.1. The number of fused-ring (bicyclic) bond motifs is 1. The van der Waals surface area contributed by atoms with Gasteiger partial charge in [-0.25, -0.2) is 0 Å². The van der Waals surface area contributed by atoms with Gasteiger partial charge in [0.15, 0.2) is 0 Å². The third kappa shape index (κ3) is 2.89. The van der Waals surface area contributed by atoms with E-state index in [9.17, 15) is 4.79 Å². The van der Waals surface area contributed by atoms with Crippen LogP contribution in [0.25, 0.3) is 0 Å². The summed E-state index contributed by atoms with van der Waals surface area (Å²) < 4.78 is 0. The van der Waals surface area contributed by atoms with E-state index in [2.05, 4.69) is 45.1 Å². The first kappa shape index (κ1) is 12.6. The maximum absolute atomic E-state index is 11.2. The third-order valence-corrected chi connectivity index (χ3v) is 3.91. The van der Waals surface area contributed by atoms with Gasteiger partial charge >= 0.3 is 0 Å². The van der Waals surface area contributed by atoms with E-state index >= 15 is 0 Å². The number of aldehydes is 1. The van der Waals surface area contributed by atoms with Crippen LogP contribution >= 0.6 is 15.9 Å². The number of unbranched alkanes of at least 4 members (excludes halogenated alkanes) is 1. The van der Waals surface area contributed by atoms with Gasteiger partial charge in [-0.3, -0.25) is 0 Å². The molecule has 3 heteroatoms. The molecule has 0 aliphatic carbocycles. The molecule has 0 bridgehead atoms. The highest BCUT2D eigenvalue weighted by Crippen LogP contribution is 2.30. The number of nitrogens with zero attached hydrogens (tertiary/aromatic N) is 1. The van der Waals surface area contributed by atoms with Crippen molar-refractivity contribution < 1.29 is 4.79 Å². The first-order valence-electron chi connectivity index (χ1n) is 6.22. The summed E-state index contributed by atoms with van der Waals surface area (Å²) in [6.45, 7) is 0.978. The van der Waals surface area contributed by atoms with Crippen molar-refractivity contribution in [3.05, 3.63) is 29.8 Å². The van der Waals surface area contributed by atoms with Crippen molar-refractivity contribution in [1.82, 2.24) is 0 Å². The van der Waals surface area contributed by atoms with Gasteiger partial charge in [-0.05, 0) is 37.3 Å². The van der Waals surface area contributed by atoms with Crippen LogP contribution in [-0.4, -0.2) is 24.2 Å². The number of halogens is 1. The highest BCUT2D eigenvalue weighted by molar-refractivity contribution is 9.09. The predicted molar refractivity (Wildman–Crippen MR) is 75.0 cm³/mol. The van der Waals surface area contributed by atoms with E-state index in [0.717, 1.165) is 43.8 Å². The summed E-state index contributed by atoms with van der Waals surface area (Å²) in [5.74, 6) is 0. The number of hydrogen-bond donors (Lipinski definition) is 0. The highest BCUT2D eigenvalue weighted by atomic mass is 79.9. The van der Waals surface area contributed by atoms with Gasteiger partial charge in [-0.1, -0.05) is 34.1 Å². The van der Waals surface area contributed by atoms with Gasteiger partial charge in [0.05, 0.1) is 6.04 Å². The highest BCUT2D eigenvalue weighted by Gasteiger charge is 2.24. The Balaban J connectivity index is 2.15. The SMILES string of the molecule is O=CC1CCc2ccccc2N1CCCCBr. The van der Waals surface area contributed by atoms with Crippen LogP contribution in [0, 0.1) is 0 Å². The maximum atomic E-state index is 11.2. The number of carbonyl (C=O) groups excluding carboxylic acids is 1. The molecule has 1 unspecified atom stereocenters. The van der Waals surface area contributed by atoms with Crippen molar-refractivity contribution >= 4 is 27.9 Å². The molecule has 0 N–H and O–H groups in total. The predicted octanol–water partition coefficient (Wildman–Crippen LogP) is 3.18. The fraction of sp³-hybridized carbons (Fsp3) is 0.500. The summed E-state index contributed by atoms with van der Waals surface area (Å²) in [6, 6.07) is 8.52. The molecule has 1 aliphatic heterocycles. The average Bonchev–Trinajstić information content (AvgIpc) is 2.39. The van der Waals surface area contributed by atoms with Crippen LogP contribution < -0.4 is 4.90 Å². The summed E-state index contributed by atoms with van der Waals surface area (Å²) in [5.41, 5.74) is 2.63. The van der Waals surface area contributed by atoms with E-state index < -0.39 is 0 Å². The minimum atomic E-state index is 0.0697. The molecule has 0 radical (unpaired) electrons. The lowest BCUT2D eigenvalue weighted by molar-refractivity contribution is -0.109. The second-order valence-corrected chi connectivity index (χ2v) is 5.25. The van der Waals surface area contributed by atoms with Gasteiger partial charge in [-0.2, -0.15) is 0 Å². The number of aryl methyl sites for hydroxylation is 1. The van der Waals surface area contributed by atoms with E-state index in [-0.39, 0.29) is 6.04 Å². The van der Waals surface area contributed by atoms with E-state index in [1.165, 1.54) is 11.3 Å². The molecule has 0 aromatic heterocycles. The van der Waals surface area contributed by atoms with Crippen LogP contribution in [0.15, 0.2) is 24.3 Å². The molecule has 1 aromatic carbocycles. The number of carbonyl (C=O) groups is 1. The van der Waals surface area contributed by atoms with Gasteiger partial charge in [0, 0.05) is 17.6 Å². The Morgan fingerprint density at radius 3 is 2.94 bits per heavy atom. The van der Waals surface area contributed by atoms with E-state index in [0.29, 0.717) is 0 Å². The molecule has 1 atom stereocenters. The smallest absolute Gasteiger partial charge is 0.142 e. The molecule has 2 nitrogen and oxygen atoms in total. The summed E-state index contributed by atoms with van der Waals surface area (Å²) in [5, 5.41) is 1.04. The third-order valence-electron chi connectivity index (χ3n) is 3.35. The monoisotopic (exact) mass is 295 g/mol. The van der Waals surface area contributed by atoms with E-state index in [1.54, 1.807) is 0 Å². The molecule has 0 amide bonds. The molecule has 0 spiro atoms. The van der Waals surface area contributed by atoms with Gasteiger partial charge < -0.3 is 9.69 Å². The number of para-hydroxylation sites is 1. The first-order valence-corrected chi connectivity index (χ1v) is 7.34. The van der Waals surface area contributed by atoms with Crippen molar-refractivity contribution in [2.45, 2.75) is 31.7 Å². The largest absolute Gasteiger partial charge is 0.362 e. The van der Waals surface area contributed by atoms with Crippen LogP contribution in [0.5, 0.6) is 0 Å². The van der Waals surface area contributed by atoms with Crippen molar-refractivity contribution in [2.24, 2.45) is 0 Å². The zero-order valence-electron chi connectivity index (χ0n) is 9.94. The average molecular weight is 296 g/mol. The Morgan fingerprint density at radius 1 is 1.35 bits per heavy atom. The second-order valence-electron chi connectivity index (χ2n) is 4.46. The minimum Gasteiger partial charge on any atom is -0.362 e. The van der Waals surface area contributed by atoms with Crippen molar-refractivity contribution in [2.75, 3.05) is 16.8 Å². The topological polar surface area (TPSA) is 20.3 Å². The maximum Gasteiger partial charge on any atom is 0.142 e. The summed E-state index contributed by atoms with van der Waals surface area (Å²) in [4.78, 5) is 13.4. The number of rotatable bonds is 5. The fourth-order valence-corrected chi connectivity index (χ4v) is 2.84. The molecule has 92 valence electrons. The standard InChI is InChI=1S/C14H18BrNO/c15-9-3-4-10-16-13(11-17)8-7-12-5-1-2-6-14(12)16/h1-2,5-6,11,13H,3-4,7-10H2. The molecule has 0 saturated heterocycles. The number of hydrogen-bond acceptors (Lipinski definition) is 2. The molecular formula is C14H18BrNO. The van der Waals surface area contributed by atoms with Crippen LogP contribution in [0.2, 0.25) is 0 Å². The lowest BCUT2D eigenvalue weighted by atomic mass is 9.96. The number of anilines is 1. The fourth-order valence-electron chi connectivity index (χ4n) is 2.44. The van der Waals surface area contributed by atoms with Gasteiger partial charge in [0.25, 0.3) is 0 Å². The Hall–Kier alpha value is -0.830. The van der Waals surface area contributed by atoms with Crippen LogP contribution in [0.3, 0.4) is 0 Å².